The predicted molar refractivity (Wildman–Crippen MR) is 117 cm³/mol. The van der Waals surface area contributed by atoms with Crippen LogP contribution in [0.4, 0.5) is 4.39 Å². The van der Waals surface area contributed by atoms with Crippen LogP contribution in [0.3, 0.4) is 0 Å². The van der Waals surface area contributed by atoms with E-state index in [0.29, 0.717) is 17.8 Å². The summed E-state index contributed by atoms with van der Waals surface area (Å²) >= 11 is 0. The monoisotopic (exact) mass is 423 g/mol. The first-order valence-electron chi connectivity index (χ1n) is 9.90. The fraction of sp³-hybridized carbons (Fsp3) is 0.348. The van der Waals surface area contributed by atoms with Crippen LogP contribution in [0.5, 0.6) is 0 Å². The summed E-state index contributed by atoms with van der Waals surface area (Å²) in [7, 11) is -1.63. The topological polar surface area (TPSA) is 78.9 Å². The number of carbonyl (C=O) groups is 1. The molecule has 3 rings (SSSR count). The molecule has 5 nitrogen and oxygen atoms in total. The number of hydrogen-bond donors (Lipinski definition) is 1. The second-order valence-electron chi connectivity index (χ2n) is 8.66. The highest BCUT2D eigenvalue weighted by Gasteiger charge is 2.63. The van der Waals surface area contributed by atoms with Crippen LogP contribution in [0.15, 0.2) is 54.4 Å². The lowest BCUT2D eigenvalue weighted by atomic mass is 9.56. The van der Waals surface area contributed by atoms with Crippen molar-refractivity contribution >= 4 is 19.2 Å². The Kier molecular flexibility index (Phi) is 5.33. The van der Waals surface area contributed by atoms with Crippen LogP contribution in [0, 0.1) is 18.3 Å². The molecule has 0 saturated carbocycles. The molecule has 0 radical (unpaired) electrons. The average Bonchev–Trinajstić information content (AvgIpc) is 3.08. The van der Waals surface area contributed by atoms with E-state index in [4.69, 9.17) is 0 Å². The molecule has 0 fully saturated rings. The summed E-state index contributed by atoms with van der Waals surface area (Å²) in [4.78, 5) is 12.8. The van der Waals surface area contributed by atoms with Gasteiger partial charge in [0.25, 0.3) is 0 Å². The van der Waals surface area contributed by atoms with Gasteiger partial charge in [-0.05, 0) is 31.6 Å². The van der Waals surface area contributed by atoms with Crippen molar-refractivity contribution in [1.29, 1.82) is 5.26 Å². The zero-order valence-corrected chi connectivity index (χ0v) is 18.9. The Balaban J connectivity index is 2.39. The number of halogens is 1. The van der Waals surface area contributed by atoms with Gasteiger partial charge in [0, 0.05) is 6.54 Å². The van der Waals surface area contributed by atoms with Gasteiger partial charge < -0.3 is 5.11 Å². The van der Waals surface area contributed by atoms with Crippen LogP contribution >= 0.6 is 0 Å². The van der Waals surface area contributed by atoms with Gasteiger partial charge in [0.05, 0.1) is 25.5 Å². The van der Waals surface area contributed by atoms with E-state index in [1.807, 2.05) is 19.1 Å². The van der Waals surface area contributed by atoms with E-state index in [0.717, 1.165) is 5.19 Å². The van der Waals surface area contributed by atoms with E-state index < -0.39 is 30.7 Å². The first-order chi connectivity index (χ1) is 14.0. The normalized spacial score (nSPS) is 23.7. The average molecular weight is 424 g/mol. The summed E-state index contributed by atoms with van der Waals surface area (Å²) in [5, 5.41) is 26.3. The van der Waals surface area contributed by atoms with Crippen molar-refractivity contribution in [1.82, 2.24) is 9.78 Å². The molecule has 0 aliphatic heterocycles. The lowest BCUT2D eigenvalue weighted by molar-refractivity contribution is -0.144. The third-order valence-electron chi connectivity index (χ3n) is 5.83. The first kappa shape index (κ1) is 21.7. The Hall–Kier alpha value is -2.98. The maximum Gasteiger partial charge on any atom is 0.322 e. The molecule has 1 aliphatic carbocycles. The molecule has 1 aromatic carbocycles. The minimum absolute atomic E-state index is 0.283. The highest BCUT2D eigenvalue weighted by molar-refractivity contribution is 6.88. The molecule has 2 atom stereocenters. The van der Waals surface area contributed by atoms with Crippen molar-refractivity contribution in [3.63, 3.8) is 0 Å². The predicted octanol–water partition coefficient (Wildman–Crippen LogP) is 3.96. The van der Waals surface area contributed by atoms with E-state index in [-0.39, 0.29) is 5.69 Å². The molecule has 0 bridgehead atoms. The van der Waals surface area contributed by atoms with Crippen molar-refractivity contribution in [2.24, 2.45) is 0 Å². The molecule has 1 aliphatic rings. The third kappa shape index (κ3) is 2.94. The molecule has 2 unspecified atom stereocenters. The molecule has 2 aromatic rings. The number of hydrogen-bond acceptors (Lipinski definition) is 3. The highest BCUT2D eigenvalue weighted by Crippen LogP contribution is 2.52. The van der Waals surface area contributed by atoms with Gasteiger partial charge in [-0.1, -0.05) is 61.2 Å². The number of allylic oxidation sites excluding steroid dienone is 3. The molecule has 30 heavy (non-hydrogen) atoms. The molecule has 7 heteroatoms. The van der Waals surface area contributed by atoms with Crippen LogP contribution < -0.4 is 5.19 Å². The van der Waals surface area contributed by atoms with Crippen LogP contribution in [0.2, 0.25) is 19.6 Å². The van der Waals surface area contributed by atoms with Crippen molar-refractivity contribution in [3.8, 4) is 6.07 Å². The number of benzene rings is 1. The zero-order valence-electron chi connectivity index (χ0n) is 17.9. The van der Waals surface area contributed by atoms with E-state index >= 15 is 4.39 Å². The van der Waals surface area contributed by atoms with Crippen molar-refractivity contribution < 1.29 is 14.3 Å². The van der Waals surface area contributed by atoms with Gasteiger partial charge in [0.1, 0.15) is 5.83 Å². The summed E-state index contributed by atoms with van der Waals surface area (Å²) in [5.41, 5.74) is -2.81. The molecule has 1 heterocycles. The molecule has 1 N–H and O–H groups in total. The van der Waals surface area contributed by atoms with E-state index in [1.54, 1.807) is 25.1 Å². The summed E-state index contributed by atoms with van der Waals surface area (Å²) in [6.07, 6.45) is 3.96. The molecule has 0 spiro atoms. The molecule has 156 valence electrons. The van der Waals surface area contributed by atoms with Gasteiger partial charge >= 0.3 is 5.97 Å². The lowest BCUT2D eigenvalue weighted by Gasteiger charge is -2.42. The minimum atomic E-state index is -2.05. The quantitative estimate of drug-likeness (QED) is 0.738. The van der Waals surface area contributed by atoms with Crippen molar-refractivity contribution in [2.75, 3.05) is 0 Å². The van der Waals surface area contributed by atoms with Crippen LogP contribution in [-0.4, -0.2) is 28.9 Å². The highest BCUT2D eigenvalue weighted by atomic mass is 28.3. The van der Waals surface area contributed by atoms with Crippen molar-refractivity contribution in [2.45, 2.75) is 50.9 Å². The van der Waals surface area contributed by atoms with E-state index in [9.17, 15) is 15.2 Å². The smallest absolute Gasteiger partial charge is 0.322 e. The number of aryl methyl sites for hydroxylation is 2. The number of nitriles is 1. The maximum absolute atomic E-state index is 15.6. The molecule has 0 amide bonds. The Labute approximate surface area is 177 Å². The number of aliphatic carboxylic acids is 1. The second kappa shape index (κ2) is 7.37. The Morgan fingerprint density at radius 2 is 1.93 bits per heavy atom. The molecular formula is C23H26FN3O2Si. The fourth-order valence-corrected chi connectivity index (χ4v) is 5.40. The van der Waals surface area contributed by atoms with Gasteiger partial charge in [-0.25, -0.2) is 4.39 Å². The zero-order chi connectivity index (χ0) is 22.3. The van der Waals surface area contributed by atoms with Gasteiger partial charge in [-0.3, -0.25) is 9.48 Å². The number of nitrogens with zero attached hydrogens (tertiary/aromatic N) is 3. The van der Waals surface area contributed by atoms with Crippen LogP contribution in [0.25, 0.3) is 0 Å². The van der Waals surface area contributed by atoms with Crippen molar-refractivity contribution in [3.05, 3.63) is 71.3 Å². The second-order valence-corrected chi connectivity index (χ2v) is 13.7. The molecule has 0 saturated heterocycles. The number of carboxylic acids is 1. The number of aromatic nitrogens is 2. The Morgan fingerprint density at radius 3 is 2.43 bits per heavy atom. The third-order valence-corrected chi connectivity index (χ3v) is 7.90. The lowest BCUT2D eigenvalue weighted by Crippen LogP contribution is -2.55. The Bertz CT molecular complexity index is 1090. The van der Waals surface area contributed by atoms with Gasteiger partial charge in [0.2, 0.25) is 0 Å². The van der Waals surface area contributed by atoms with Crippen LogP contribution in [0.1, 0.15) is 23.9 Å². The van der Waals surface area contributed by atoms with Gasteiger partial charge in [0.15, 0.2) is 10.8 Å². The van der Waals surface area contributed by atoms with E-state index in [2.05, 4.69) is 30.8 Å². The first-order valence-corrected chi connectivity index (χ1v) is 13.4. The summed E-state index contributed by atoms with van der Waals surface area (Å²) in [6, 6.07) is 10.9. The summed E-state index contributed by atoms with van der Waals surface area (Å²) < 4.78 is 17.1. The van der Waals surface area contributed by atoms with Gasteiger partial charge in [-0.15, -0.1) is 0 Å². The molecular weight excluding hydrogens is 397 g/mol. The van der Waals surface area contributed by atoms with E-state index in [1.165, 1.54) is 22.9 Å². The summed E-state index contributed by atoms with van der Waals surface area (Å²) in [6.45, 7) is 10.6. The Morgan fingerprint density at radius 1 is 1.30 bits per heavy atom. The maximum atomic E-state index is 15.6. The fourth-order valence-electron chi connectivity index (χ4n) is 4.23. The van der Waals surface area contributed by atoms with Gasteiger partial charge in [-0.2, -0.15) is 10.4 Å². The number of carboxylic acid groups (broad SMARTS) is 1. The number of rotatable bonds is 5. The standard InChI is InChI=1S/C23H26FN3O2Si/c1-6-27-20(14-16(2)26-27)22(21(28)29)13-7-8-19(24)23(22,15-25)17-9-11-18(12-10-17)30(3,4)5/h7-14H,6H2,1-5H3,(H,28,29). The SMILES string of the molecule is CCn1nc(C)cc1C1(C(=O)O)C=CC=C(F)C1(C#N)c1ccc([Si](C)(C)C)cc1. The summed E-state index contributed by atoms with van der Waals surface area (Å²) in [5.74, 6) is -2.09. The largest absolute Gasteiger partial charge is 0.480 e. The van der Waals surface area contributed by atoms with Crippen LogP contribution in [-0.2, 0) is 22.2 Å². The molecule has 1 aromatic heterocycles. The minimum Gasteiger partial charge on any atom is -0.480 e.